The van der Waals surface area contributed by atoms with Crippen molar-refractivity contribution in [3.63, 3.8) is 0 Å². The first-order valence-electron chi connectivity index (χ1n) is 3.26. The molecule has 54 valence electrons. The maximum atomic E-state index is 5.66. The van der Waals surface area contributed by atoms with Gasteiger partial charge in [-0.3, -0.25) is 4.68 Å². The first-order valence-corrected chi connectivity index (χ1v) is 4.41. The number of anilines is 1. The van der Waals surface area contributed by atoms with E-state index in [9.17, 15) is 0 Å². The Morgan fingerprint density at radius 3 is 3.40 bits per heavy atom. The molecule has 2 heterocycles. The fraction of sp³-hybridized carbons (Fsp3) is 0.500. The molecule has 0 bridgehead atoms. The van der Waals surface area contributed by atoms with Crippen molar-refractivity contribution in [3.05, 3.63) is 11.9 Å². The molecule has 2 rings (SSSR count). The lowest BCUT2D eigenvalue weighted by molar-refractivity contribution is 0.633. The van der Waals surface area contributed by atoms with E-state index in [1.807, 2.05) is 16.4 Å². The van der Waals surface area contributed by atoms with Crippen molar-refractivity contribution in [2.24, 2.45) is 0 Å². The van der Waals surface area contributed by atoms with Crippen molar-refractivity contribution in [3.8, 4) is 0 Å². The van der Waals surface area contributed by atoms with Gasteiger partial charge in [0.1, 0.15) is 0 Å². The fourth-order valence-electron chi connectivity index (χ4n) is 1.10. The van der Waals surface area contributed by atoms with Crippen LogP contribution in [-0.2, 0) is 12.3 Å². The second-order valence-electron chi connectivity index (χ2n) is 2.32. The lowest BCUT2D eigenvalue weighted by Gasteiger charge is -2.12. The number of hydrogen-bond acceptors (Lipinski definition) is 3. The number of hydrogen-bond donors (Lipinski definition) is 1. The molecule has 0 radical (unpaired) electrons. The van der Waals surface area contributed by atoms with Gasteiger partial charge in [-0.2, -0.15) is 16.9 Å². The van der Waals surface area contributed by atoms with Crippen LogP contribution < -0.4 is 5.73 Å². The third-order valence-corrected chi connectivity index (χ3v) is 2.62. The summed E-state index contributed by atoms with van der Waals surface area (Å²) in [6, 6.07) is 0. The quantitative estimate of drug-likeness (QED) is 0.600. The Hall–Kier alpha value is -0.640. The van der Waals surface area contributed by atoms with Gasteiger partial charge in [0.05, 0.1) is 24.1 Å². The number of thioether (sulfide) groups is 1. The van der Waals surface area contributed by atoms with E-state index in [0.29, 0.717) is 0 Å². The maximum absolute atomic E-state index is 5.66. The molecule has 3 nitrogen and oxygen atoms in total. The number of fused-ring (bicyclic) bond motifs is 1. The molecule has 0 saturated heterocycles. The van der Waals surface area contributed by atoms with Crippen LogP contribution in [0.5, 0.6) is 0 Å². The predicted molar refractivity (Wildman–Crippen MR) is 42.8 cm³/mol. The molecule has 0 amide bonds. The van der Waals surface area contributed by atoms with Crippen LogP contribution in [0, 0.1) is 0 Å². The van der Waals surface area contributed by atoms with Crippen molar-refractivity contribution in [2.45, 2.75) is 12.3 Å². The van der Waals surface area contributed by atoms with Gasteiger partial charge in [-0.1, -0.05) is 0 Å². The lowest BCUT2D eigenvalue weighted by atomic mass is 10.4. The first kappa shape index (κ1) is 6.09. The molecule has 1 aliphatic heterocycles. The Balaban J connectivity index is 2.45. The molecule has 0 aromatic carbocycles. The SMILES string of the molecule is Nc1cnn2c1CSCC2. The third-order valence-electron chi connectivity index (χ3n) is 1.67. The first-order chi connectivity index (χ1) is 4.88. The molecule has 4 heteroatoms. The minimum Gasteiger partial charge on any atom is -0.396 e. The molecule has 2 N–H and O–H groups in total. The zero-order chi connectivity index (χ0) is 6.97. The largest absolute Gasteiger partial charge is 0.396 e. The molecule has 10 heavy (non-hydrogen) atoms. The molecule has 0 aliphatic carbocycles. The van der Waals surface area contributed by atoms with Crippen LogP contribution in [0.15, 0.2) is 6.20 Å². The number of aromatic nitrogens is 2. The summed E-state index contributed by atoms with van der Waals surface area (Å²) in [5.74, 6) is 2.18. The van der Waals surface area contributed by atoms with E-state index in [4.69, 9.17) is 5.73 Å². The number of rotatable bonds is 0. The molecule has 1 aromatic rings. The van der Waals surface area contributed by atoms with Crippen LogP contribution in [0.3, 0.4) is 0 Å². The Morgan fingerprint density at radius 2 is 2.60 bits per heavy atom. The summed E-state index contributed by atoms with van der Waals surface area (Å²) in [7, 11) is 0. The van der Waals surface area contributed by atoms with E-state index >= 15 is 0 Å². The minimum absolute atomic E-state index is 0.840. The molecule has 0 spiro atoms. The van der Waals surface area contributed by atoms with Crippen LogP contribution in [-0.4, -0.2) is 15.5 Å². The highest BCUT2D eigenvalue weighted by atomic mass is 32.2. The molecule has 0 unspecified atom stereocenters. The molecule has 0 fully saturated rings. The highest BCUT2D eigenvalue weighted by Gasteiger charge is 2.11. The Morgan fingerprint density at radius 1 is 1.70 bits per heavy atom. The number of nitrogens with zero attached hydrogens (tertiary/aromatic N) is 2. The average molecular weight is 155 g/mol. The van der Waals surface area contributed by atoms with Crippen molar-refractivity contribution < 1.29 is 0 Å². The third kappa shape index (κ3) is 0.794. The van der Waals surface area contributed by atoms with E-state index in [1.165, 1.54) is 5.69 Å². The Labute approximate surface area is 63.6 Å². The van der Waals surface area contributed by atoms with Gasteiger partial charge in [0, 0.05) is 11.5 Å². The zero-order valence-corrected chi connectivity index (χ0v) is 6.40. The van der Waals surface area contributed by atoms with Gasteiger partial charge < -0.3 is 5.73 Å². The number of nitrogen functional groups attached to an aromatic ring is 1. The standard InChI is InChI=1S/C6H9N3S/c7-5-3-8-9-1-2-10-4-6(5)9/h3H,1-2,4,7H2. The zero-order valence-electron chi connectivity index (χ0n) is 5.58. The van der Waals surface area contributed by atoms with E-state index in [-0.39, 0.29) is 0 Å². The highest BCUT2D eigenvalue weighted by molar-refractivity contribution is 7.98. The summed E-state index contributed by atoms with van der Waals surface area (Å²) in [5.41, 5.74) is 7.70. The molecular formula is C6H9N3S. The van der Waals surface area contributed by atoms with E-state index in [0.717, 1.165) is 23.7 Å². The van der Waals surface area contributed by atoms with E-state index in [1.54, 1.807) is 6.20 Å². The second kappa shape index (κ2) is 2.20. The predicted octanol–water partition coefficient (Wildman–Crippen LogP) is 0.712. The monoisotopic (exact) mass is 155 g/mol. The summed E-state index contributed by atoms with van der Waals surface area (Å²) >= 11 is 1.92. The lowest BCUT2D eigenvalue weighted by Crippen LogP contribution is -2.12. The second-order valence-corrected chi connectivity index (χ2v) is 3.43. The summed E-state index contributed by atoms with van der Waals surface area (Å²) in [6.45, 7) is 1.01. The van der Waals surface area contributed by atoms with Crippen LogP contribution in [0.1, 0.15) is 5.69 Å². The van der Waals surface area contributed by atoms with Gasteiger partial charge in [-0.15, -0.1) is 0 Å². The fourth-order valence-corrected chi connectivity index (χ4v) is 2.05. The van der Waals surface area contributed by atoms with Crippen LogP contribution >= 0.6 is 11.8 Å². The van der Waals surface area contributed by atoms with Gasteiger partial charge in [0.2, 0.25) is 0 Å². The molecule has 1 aromatic heterocycles. The summed E-state index contributed by atoms with van der Waals surface area (Å²) in [6.07, 6.45) is 1.74. The normalized spacial score (nSPS) is 16.8. The van der Waals surface area contributed by atoms with E-state index in [2.05, 4.69) is 5.10 Å². The number of nitrogens with two attached hydrogens (primary N) is 1. The summed E-state index contributed by atoms with van der Waals surface area (Å²) < 4.78 is 1.99. The van der Waals surface area contributed by atoms with Crippen LogP contribution in [0.2, 0.25) is 0 Å². The average Bonchev–Trinajstić information content (AvgIpc) is 2.34. The van der Waals surface area contributed by atoms with Gasteiger partial charge in [-0.25, -0.2) is 0 Å². The van der Waals surface area contributed by atoms with Crippen molar-refractivity contribution in [1.29, 1.82) is 0 Å². The van der Waals surface area contributed by atoms with Crippen molar-refractivity contribution >= 4 is 17.4 Å². The molecule has 0 saturated carbocycles. The van der Waals surface area contributed by atoms with Crippen molar-refractivity contribution in [2.75, 3.05) is 11.5 Å². The van der Waals surface area contributed by atoms with Crippen LogP contribution in [0.25, 0.3) is 0 Å². The Bertz CT molecular complexity index is 243. The minimum atomic E-state index is 0.840. The van der Waals surface area contributed by atoms with Crippen molar-refractivity contribution in [1.82, 2.24) is 9.78 Å². The maximum Gasteiger partial charge on any atom is 0.0741 e. The highest BCUT2D eigenvalue weighted by Crippen LogP contribution is 2.22. The Kier molecular flexibility index (Phi) is 1.34. The summed E-state index contributed by atoms with van der Waals surface area (Å²) in [4.78, 5) is 0. The topological polar surface area (TPSA) is 43.8 Å². The van der Waals surface area contributed by atoms with Gasteiger partial charge in [0.25, 0.3) is 0 Å². The van der Waals surface area contributed by atoms with Crippen LogP contribution in [0.4, 0.5) is 5.69 Å². The van der Waals surface area contributed by atoms with Gasteiger partial charge in [0.15, 0.2) is 0 Å². The summed E-state index contributed by atoms with van der Waals surface area (Å²) in [5, 5.41) is 4.13. The number of aryl methyl sites for hydroxylation is 1. The van der Waals surface area contributed by atoms with Gasteiger partial charge in [-0.05, 0) is 0 Å². The molecular weight excluding hydrogens is 146 g/mol. The smallest absolute Gasteiger partial charge is 0.0741 e. The molecule has 0 atom stereocenters. The molecule has 1 aliphatic rings. The van der Waals surface area contributed by atoms with Gasteiger partial charge >= 0.3 is 0 Å². The van der Waals surface area contributed by atoms with E-state index < -0.39 is 0 Å².